The van der Waals surface area contributed by atoms with E-state index in [1.165, 1.54) is 0 Å². The van der Waals surface area contributed by atoms with Gasteiger partial charge < -0.3 is 18.9 Å². The van der Waals surface area contributed by atoms with E-state index in [-0.39, 0.29) is 17.5 Å². The summed E-state index contributed by atoms with van der Waals surface area (Å²) in [5.41, 5.74) is 1.54. The van der Waals surface area contributed by atoms with Crippen LogP contribution in [0.1, 0.15) is 5.56 Å². The summed E-state index contributed by atoms with van der Waals surface area (Å²) < 4.78 is 38.5. The van der Waals surface area contributed by atoms with E-state index >= 15 is 0 Å². The number of hydrogen-bond acceptors (Lipinski definition) is 8. The Balaban J connectivity index is 1.78. The number of anilines is 1. The van der Waals surface area contributed by atoms with Crippen molar-refractivity contribution in [3.05, 3.63) is 36.2 Å². The van der Waals surface area contributed by atoms with Crippen LogP contribution in [0.25, 0.3) is 11.2 Å². The lowest BCUT2D eigenvalue weighted by Crippen LogP contribution is -2.37. The molecule has 0 N–H and O–H groups in total. The van der Waals surface area contributed by atoms with Crippen molar-refractivity contribution in [1.29, 1.82) is 0 Å². The molecule has 156 valence electrons. The predicted molar refractivity (Wildman–Crippen MR) is 111 cm³/mol. The van der Waals surface area contributed by atoms with Gasteiger partial charge in [-0.05, 0) is 17.7 Å². The quantitative estimate of drug-likeness (QED) is 0.429. The van der Waals surface area contributed by atoms with Gasteiger partial charge in [-0.1, -0.05) is 18.1 Å². The molecule has 1 aliphatic heterocycles. The molecule has 9 nitrogen and oxygen atoms in total. The van der Waals surface area contributed by atoms with Gasteiger partial charge in [-0.3, -0.25) is 0 Å². The van der Waals surface area contributed by atoms with Crippen molar-refractivity contribution in [2.24, 2.45) is 0 Å². The number of nitrogens with zero attached hydrogens (tertiary/aromatic N) is 5. The van der Waals surface area contributed by atoms with Crippen LogP contribution in [0, 0.1) is 12.3 Å². The lowest BCUT2D eigenvalue weighted by atomic mass is 10.2. The minimum atomic E-state index is -3.81. The highest BCUT2D eigenvalue weighted by atomic mass is 32.2. The molecule has 0 amide bonds. The first-order chi connectivity index (χ1) is 14.5. The monoisotopic (exact) mass is 427 g/mol. The van der Waals surface area contributed by atoms with E-state index in [2.05, 4.69) is 20.9 Å². The average molecular weight is 427 g/mol. The Morgan fingerprint density at radius 3 is 2.60 bits per heavy atom. The molecule has 0 unspecified atom stereocenters. The van der Waals surface area contributed by atoms with Gasteiger partial charge in [0, 0.05) is 13.1 Å². The number of imidazole rings is 1. The molecule has 0 radical (unpaired) electrons. The Morgan fingerprint density at radius 2 is 1.93 bits per heavy atom. The molecule has 3 aromatic rings. The number of hydrogen-bond donors (Lipinski definition) is 0. The van der Waals surface area contributed by atoms with Crippen LogP contribution in [0.3, 0.4) is 0 Å². The van der Waals surface area contributed by atoms with Gasteiger partial charge in [-0.2, -0.15) is 9.97 Å². The van der Waals surface area contributed by atoms with Gasteiger partial charge in [0.05, 0.1) is 38.9 Å². The first-order valence-electron chi connectivity index (χ1n) is 9.36. The third-order valence-corrected chi connectivity index (χ3v) is 6.24. The maximum atomic E-state index is 13.2. The molecule has 10 heteroatoms. The fourth-order valence-corrected chi connectivity index (χ4v) is 4.48. The Kier molecular flexibility index (Phi) is 5.57. The molecule has 30 heavy (non-hydrogen) atoms. The van der Waals surface area contributed by atoms with Crippen molar-refractivity contribution in [1.82, 2.24) is 19.5 Å². The van der Waals surface area contributed by atoms with Crippen LogP contribution < -0.4 is 9.64 Å². The van der Waals surface area contributed by atoms with Crippen molar-refractivity contribution in [2.45, 2.75) is 17.5 Å². The number of fused-ring (bicyclic) bond motifs is 1. The second-order valence-corrected chi connectivity index (χ2v) is 8.67. The smallest absolute Gasteiger partial charge is 0.251 e. The number of sulfone groups is 1. The zero-order chi connectivity index (χ0) is 21.1. The lowest BCUT2D eigenvalue weighted by Gasteiger charge is -2.28. The molecule has 3 heterocycles. The molecular weight excluding hydrogens is 406 g/mol. The summed E-state index contributed by atoms with van der Waals surface area (Å²) in [4.78, 5) is 15.1. The van der Waals surface area contributed by atoms with Crippen LogP contribution >= 0.6 is 0 Å². The summed E-state index contributed by atoms with van der Waals surface area (Å²) in [6.07, 6.45) is 7.00. The highest BCUT2D eigenvalue weighted by Crippen LogP contribution is 2.26. The average Bonchev–Trinajstić information content (AvgIpc) is 3.17. The summed E-state index contributed by atoms with van der Waals surface area (Å²) in [7, 11) is -2.25. The van der Waals surface area contributed by atoms with Gasteiger partial charge in [0.25, 0.3) is 5.16 Å². The summed E-state index contributed by atoms with van der Waals surface area (Å²) in [6, 6.07) is 6.85. The maximum Gasteiger partial charge on any atom is 0.251 e. The van der Waals surface area contributed by atoms with Gasteiger partial charge in [0.15, 0.2) is 17.0 Å². The molecule has 2 aromatic heterocycles. The van der Waals surface area contributed by atoms with E-state index in [1.54, 1.807) is 42.3 Å². The summed E-state index contributed by atoms with van der Waals surface area (Å²) in [6.45, 7) is 2.47. The second kappa shape index (κ2) is 8.30. The molecule has 0 saturated carbocycles. The third kappa shape index (κ3) is 3.94. The molecule has 4 rings (SSSR count). The fourth-order valence-electron chi connectivity index (χ4n) is 3.26. The molecule has 0 aliphatic carbocycles. The van der Waals surface area contributed by atoms with Crippen molar-refractivity contribution in [2.75, 3.05) is 38.3 Å². The van der Waals surface area contributed by atoms with E-state index < -0.39 is 9.84 Å². The summed E-state index contributed by atoms with van der Waals surface area (Å²) in [5.74, 6) is 3.44. The summed E-state index contributed by atoms with van der Waals surface area (Å²) in [5, 5.41) is -0.244. The normalized spacial score (nSPS) is 14.6. The third-order valence-electron chi connectivity index (χ3n) is 4.79. The van der Waals surface area contributed by atoms with Crippen molar-refractivity contribution in [3.8, 4) is 18.1 Å². The van der Waals surface area contributed by atoms with E-state index in [0.717, 1.165) is 0 Å². The number of methoxy groups -OCH3 is 1. The van der Waals surface area contributed by atoms with Crippen LogP contribution in [0.2, 0.25) is 0 Å². The number of ether oxygens (including phenoxy) is 2. The Hall–Kier alpha value is -3.16. The SMILES string of the molecule is C#CCn1cnc2c(N3CCOCC3)nc(S(=O)(=O)Cc3ccc(OC)cc3)nc21. The Bertz CT molecular complexity index is 1190. The molecule has 1 fully saturated rings. The van der Waals surface area contributed by atoms with Crippen LogP contribution in [0.5, 0.6) is 5.75 Å². The standard InChI is InChI=1S/C20H21N5O4S/c1-3-8-25-14-21-17-18(24-9-11-29-12-10-24)22-20(23-19(17)25)30(26,27)13-15-4-6-16(28-2)7-5-15/h1,4-7,14H,8-13H2,2H3. The second-order valence-electron chi connectivity index (χ2n) is 6.79. The van der Waals surface area contributed by atoms with Gasteiger partial charge in [0.2, 0.25) is 9.84 Å². The first kappa shape index (κ1) is 20.1. The van der Waals surface area contributed by atoms with E-state index in [1.807, 2.05) is 4.90 Å². The topological polar surface area (TPSA) is 99.4 Å². The molecule has 0 atom stereocenters. The molecule has 1 aromatic carbocycles. The minimum absolute atomic E-state index is 0.228. The molecule has 0 spiro atoms. The number of rotatable bonds is 6. The zero-order valence-electron chi connectivity index (χ0n) is 16.5. The number of benzene rings is 1. The fraction of sp³-hybridized carbons (Fsp3) is 0.350. The minimum Gasteiger partial charge on any atom is -0.497 e. The zero-order valence-corrected chi connectivity index (χ0v) is 17.3. The highest BCUT2D eigenvalue weighted by Gasteiger charge is 2.26. The van der Waals surface area contributed by atoms with Gasteiger partial charge in [0.1, 0.15) is 5.75 Å². The Labute approximate surface area is 174 Å². The van der Waals surface area contributed by atoms with Gasteiger partial charge in [-0.25, -0.2) is 13.4 Å². The van der Waals surface area contributed by atoms with Crippen molar-refractivity contribution < 1.29 is 17.9 Å². The predicted octanol–water partition coefficient (Wildman–Crippen LogP) is 1.28. The number of aromatic nitrogens is 4. The van der Waals surface area contributed by atoms with Gasteiger partial charge >= 0.3 is 0 Å². The van der Waals surface area contributed by atoms with Gasteiger partial charge in [-0.15, -0.1) is 6.42 Å². The molecule has 1 aliphatic rings. The molecule has 1 saturated heterocycles. The largest absolute Gasteiger partial charge is 0.497 e. The van der Waals surface area contributed by atoms with Crippen LogP contribution in [-0.4, -0.2) is 61.3 Å². The number of terminal acetylenes is 1. The van der Waals surface area contributed by atoms with E-state index in [0.29, 0.717) is 54.6 Å². The van der Waals surface area contributed by atoms with Crippen molar-refractivity contribution >= 4 is 26.8 Å². The Morgan fingerprint density at radius 1 is 1.20 bits per heavy atom. The maximum absolute atomic E-state index is 13.2. The number of morpholine rings is 1. The van der Waals surface area contributed by atoms with Crippen LogP contribution in [0.15, 0.2) is 35.7 Å². The van der Waals surface area contributed by atoms with Crippen LogP contribution in [-0.2, 0) is 26.9 Å². The van der Waals surface area contributed by atoms with Crippen molar-refractivity contribution in [3.63, 3.8) is 0 Å². The highest BCUT2D eigenvalue weighted by molar-refractivity contribution is 7.90. The summed E-state index contributed by atoms with van der Waals surface area (Å²) >= 11 is 0. The van der Waals surface area contributed by atoms with E-state index in [4.69, 9.17) is 15.9 Å². The molecule has 0 bridgehead atoms. The lowest BCUT2D eigenvalue weighted by molar-refractivity contribution is 0.122. The van der Waals surface area contributed by atoms with Crippen LogP contribution in [0.4, 0.5) is 5.82 Å². The van der Waals surface area contributed by atoms with E-state index in [9.17, 15) is 8.42 Å². The first-order valence-corrected chi connectivity index (χ1v) is 11.0. The molecular formula is C20H21N5O4S.